The zero-order valence-corrected chi connectivity index (χ0v) is 15.9. The number of aromatic nitrogens is 1. The molecule has 2 aromatic rings. The summed E-state index contributed by atoms with van der Waals surface area (Å²) >= 11 is 1.55. The van der Waals surface area contributed by atoms with Crippen molar-refractivity contribution in [1.29, 1.82) is 0 Å². The van der Waals surface area contributed by atoms with Crippen LogP contribution in [0.3, 0.4) is 0 Å². The van der Waals surface area contributed by atoms with Crippen LogP contribution in [0.1, 0.15) is 44.1 Å². The first-order valence-corrected chi connectivity index (χ1v) is 10.2. The van der Waals surface area contributed by atoms with Crippen molar-refractivity contribution in [3.05, 3.63) is 42.1 Å². The van der Waals surface area contributed by atoms with Crippen molar-refractivity contribution in [2.75, 3.05) is 13.1 Å². The Kier molecular flexibility index (Phi) is 6.62. The van der Waals surface area contributed by atoms with Crippen molar-refractivity contribution in [3.8, 4) is 10.4 Å². The molecule has 1 saturated carbocycles. The van der Waals surface area contributed by atoms with Gasteiger partial charge in [0.1, 0.15) is 0 Å². The molecule has 0 radical (unpaired) electrons. The predicted octanol–water partition coefficient (Wildman–Crippen LogP) is 5.16. The van der Waals surface area contributed by atoms with Gasteiger partial charge < -0.3 is 4.90 Å². The Hall–Kier alpha value is -1.68. The van der Waals surface area contributed by atoms with Crippen molar-refractivity contribution in [1.82, 2.24) is 9.27 Å². The lowest BCUT2D eigenvalue weighted by Gasteiger charge is -2.30. The predicted molar refractivity (Wildman–Crippen MR) is 105 cm³/mol. The number of benzene rings is 1. The highest BCUT2D eigenvalue weighted by atomic mass is 32.1. The quantitative estimate of drug-likeness (QED) is 0.696. The molecule has 2 fully saturated rings. The molecule has 4 rings (SSSR count). The van der Waals surface area contributed by atoms with Crippen LogP contribution in [0.15, 0.2) is 36.5 Å². The molecule has 1 aromatic carbocycles. The Morgan fingerprint density at radius 1 is 1.08 bits per heavy atom. The zero-order chi connectivity index (χ0) is 17.5. The largest absolute Gasteiger partial charge is 0.345 e. The first-order chi connectivity index (χ1) is 12.3. The van der Waals surface area contributed by atoms with Gasteiger partial charge in [-0.15, -0.1) is 0 Å². The lowest BCUT2D eigenvalue weighted by atomic mass is 9.77. The highest BCUT2D eigenvalue weighted by molar-refractivity contribution is 7.09. The topological polar surface area (TPSA) is 33.2 Å². The van der Waals surface area contributed by atoms with Crippen LogP contribution in [0.2, 0.25) is 0 Å². The molecule has 3 nitrogen and oxygen atoms in total. The molecule has 1 aliphatic carbocycles. The lowest BCUT2D eigenvalue weighted by Crippen LogP contribution is -2.30. The molecule has 2 heterocycles. The molecule has 0 N–H and O–H groups in total. The summed E-state index contributed by atoms with van der Waals surface area (Å²) in [6.45, 7) is 4.12. The molecule has 0 bridgehead atoms. The Balaban J connectivity index is 0.000000146. The smallest absolute Gasteiger partial charge is 0.209 e. The van der Waals surface area contributed by atoms with Crippen LogP contribution in [0.5, 0.6) is 0 Å². The summed E-state index contributed by atoms with van der Waals surface area (Å²) < 4.78 is 4.14. The van der Waals surface area contributed by atoms with E-state index < -0.39 is 0 Å². The second kappa shape index (κ2) is 9.14. The van der Waals surface area contributed by atoms with Gasteiger partial charge in [0.25, 0.3) is 0 Å². The fraction of sp³-hybridized carbons (Fsp3) is 0.524. The van der Waals surface area contributed by atoms with Crippen molar-refractivity contribution in [3.63, 3.8) is 0 Å². The molecule has 25 heavy (non-hydrogen) atoms. The molecule has 1 amide bonds. The number of hydrogen-bond acceptors (Lipinski definition) is 3. The number of hydrogen-bond donors (Lipinski definition) is 0. The van der Waals surface area contributed by atoms with Crippen LogP contribution < -0.4 is 0 Å². The molecule has 2 unspecified atom stereocenters. The Bertz CT molecular complexity index is 655. The molecular weight excluding hydrogens is 328 g/mol. The monoisotopic (exact) mass is 356 g/mol. The molecule has 2 atom stereocenters. The van der Waals surface area contributed by atoms with Gasteiger partial charge in [-0.05, 0) is 60.7 Å². The molecule has 1 aromatic heterocycles. The van der Waals surface area contributed by atoms with E-state index in [2.05, 4.69) is 35.6 Å². The first-order valence-electron chi connectivity index (χ1n) is 9.44. The maximum atomic E-state index is 10.7. The Labute approximate surface area is 155 Å². The average Bonchev–Trinajstić information content (AvgIpc) is 2.98. The number of carbonyl (C=O) groups excluding carboxylic acids is 1. The lowest BCUT2D eigenvalue weighted by molar-refractivity contribution is -0.118. The number of likely N-dealkylation sites (tertiary alicyclic amines) is 1. The van der Waals surface area contributed by atoms with E-state index in [1.807, 2.05) is 17.2 Å². The number of nitrogens with zero attached hydrogens (tertiary/aromatic N) is 2. The average molecular weight is 357 g/mol. The van der Waals surface area contributed by atoms with Gasteiger partial charge in [-0.1, -0.05) is 49.6 Å². The summed E-state index contributed by atoms with van der Waals surface area (Å²) in [5.41, 5.74) is 2.52. The van der Waals surface area contributed by atoms with E-state index in [4.69, 9.17) is 0 Å². The normalized spacial score (nSPS) is 23.0. The molecule has 4 heteroatoms. The minimum atomic E-state index is 0.821. The maximum Gasteiger partial charge on any atom is 0.209 e. The third-order valence-corrected chi connectivity index (χ3v) is 6.44. The van der Waals surface area contributed by atoms with Gasteiger partial charge in [-0.25, -0.2) is 4.37 Å². The minimum absolute atomic E-state index is 0.821. The molecule has 1 aliphatic heterocycles. The second-order valence-electron chi connectivity index (χ2n) is 7.25. The fourth-order valence-corrected chi connectivity index (χ4v) is 4.86. The second-order valence-corrected chi connectivity index (χ2v) is 8.05. The van der Waals surface area contributed by atoms with Crippen LogP contribution >= 0.6 is 11.5 Å². The standard InChI is InChI=1S/C11H19NO.C10H9NS/c13-9-12-7-3-6-10-4-1-2-5-11(10)8-12;1-8-7-11-12-10(8)9-5-3-2-4-6-9/h9-11H,1-8H2;2-7H,1H3. The number of fused-ring (bicyclic) bond motifs is 1. The van der Waals surface area contributed by atoms with Gasteiger partial charge in [-0.2, -0.15) is 0 Å². The SMILES string of the molecule is Cc1cnsc1-c1ccccc1.O=CN1CCCC2CCCCC2C1. The summed E-state index contributed by atoms with van der Waals surface area (Å²) in [5, 5.41) is 0. The summed E-state index contributed by atoms with van der Waals surface area (Å²) in [6.07, 6.45) is 11.1. The van der Waals surface area contributed by atoms with E-state index in [1.165, 1.54) is 54.5 Å². The molecule has 1 saturated heterocycles. The molecule has 2 aliphatic rings. The van der Waals surface area contributed by atoms with E-state index >= 15 is 0 Å². The van der Waals surface area contributed by atoms with E-state index in [1.54, 1.807) is 11.5 Å². The van der Waals surface area contributed by atoms with Crippen molar-refractivity contribution >= 4 is 17.9 Å². The fourth-order valence-electron chi connectivity index (χ4n) is 4.11. The van der Waals surface area contributed by atoms with Gasteiger partial charge >= 0.3 is 0 Å². The first kappa shape index (κ1) is 18.1. The van der Waals surface area contributed by atoms with Crippen LogP contribution in [-0.2, 0) is 4.79 Å². The zero-order valence-electron chi connectivity index (χ0n) is 15.1. The van der Waals surface area contributed by atoms with Crippen LogP contribution in [-0.4, -0.2) is 28.8 Å². The van der Waals surface area contributed by atoms with Crippen LogP contribution in [0.4, 0.5) is 0 Å². The molecule has 0 spiro atoms. The van der Waals surface area contributed by atoms with E-state index in [-0.39, 0.29) is 0 Å². The molecular formula is C21H28N2OS. The highest BCUT2D eigenvalue weighted by Gasteiger charge is 2.28. The molecule has 134 valence electrons. The van der Waals surface area contributed by atoms with Crippen LogP contribution in [0.25, 0.3) is 10.4 Å². The highest BCUT2D eigenvalue weighted by Crippen LogP contribution is 2.35. The van der Waals surface area contributed by atoms with Crippen molar-refractivity contribution in [2.24, 2.45) is 11.8 Å². The maximum absolute atomic E-state index is 10.7. The number of aryl methyl sites for hydroxylation is 1. The minimum Gasteiger partial charge on any atom is -0.345 e. The Morgan fingerprint density at radius 3 is 2.48 bits per heavy atom. The van der Waals surface area contributed by atoms with Gasteiger partial charge in [-0.3, -0.25) is 4.79 Å². The van der Waals surface area contributed by atoms with Gasteiger partial charge in [0.05, 0.1) is 4.88 Å². The summed E-state index contributed by atoms with van der Waals surface area (Å²) in [5.74, 6) is 1.75. The summed E-state index contributed by atoms with van der Waals surface area (Å²) in [4.78, 5) is 14.0. The number of amides is 1. The summed E-state index contributed by atoms with van der Waals surface area (Å²) in [7, 11) is 0. The van der Waals surface area contributed by atoms with E-state index in [0.717, 1.165) is 31.3 Å². The van der Waals surface area contributed by atoms with Gasteiger partial charge in [0.15, 0.2) is 0 Å². The van der Waals surface area contributed by atoms with Crippen molar-refractivity contribution in [2.45, 2.75) is 45.4 Å². The van der Waals surface area contributed by atoms with Crippen molar-refractivity contribution < 1.29 is 4.79 Å². The van der Waals surface area contributed by atoms with E-state index in [0.29, 0.717) is 0 Å². The van der Waals surface area contributed by atoms with Gasteiger partial charge in [0, 0.05) is 19.3 Å². The van der Waals surface area contributed by atoms with Crippen LogP contribution in [0, 0.1) is 18.8 Å². The Morgan fingerprint density at radius 2 is 1.80 bits per heavy atom. The number of rotatable bonds is 2. The van der Waals surface area contributed by atoms with E-state index in [9.17, 15) is 4.79 Å². The number of carbonyl (C=O) groups is 1. The third kappa shape index (κ3) is 4.91. The van der Waals surface area contributed by atoms with Gasteiger partial charge in [0.2, 0.25) is 6.41 Å². The third-order valence-electron chi connectivity index (χ3n) is 5.49. The summed E-state index contributed by atoms with van der Waals surface area (Å²) in [6, 6.07) is 10.4.